The van der Waals surface area contributed by atoms with Crippen molar-refractivity contribution < 1.29 is 23.1 Å². The summed E-state index contributed by atoms with van der Waals surface area (Å²) >= 11 is 0. The highest BCUT2D eigenvalue weighted by molar-refractivity contribution is 7.53. The fourth-order valence-corrected chi connectivity index (χ4v) is 4.98. The molecule has 1 aliphatic rings. The molecule has 0 heterocycles. The van der Waals surface area contributed by atoms with Crippen LogP contribution in [0, 0.1) is 40.9 Å². The minimum absolute atomic E-state index is 0.444. The highest BCUT2D eigenvalue weighted by Gasteiger charge is 2.30. The average molecular weight is 508 g/mol. The van der Waals surface area contributed by atoms with Gasteiger partial charge in [-0.15, -0.1) is 0 Å². The Balaban J connectivity index is -0.000000457. The molecule has 6 nitrogen and oxygen atoms in total. The molecule has 0 N–H and O–H groups in total. The monoisotopic (exact) mass is 507 g/mol. The molecule has 1 fully saturated rings. The third-order valence-electron chi connectivity index (χ3n) is 6.09. The summed E-state index contributed by atoms with van der Waals surface area (Å²) in [5.74, 6) is 3.69. The Morgan fingerprint density at radius 2 is 1.47 bits per heavy atom. The van der Waals surface area contributed by atoms with E-state index >= 15 is 0 Å². The number of hydrogen-bond donors (Lipinski definition) is 0. The van der Waals surface area contributed by atoms with Gasteiger partial charge in [0.05, 0.1) is 25.3 Å². The van der Waals surface area contributed by atoms with Gasteiger partial charge in [0.15, 0.2) is 0 Å². The van der Waals surface area contributed by atoms with Gasteiger partial charge in [-0.3, -0.25) is 4.57 Å². The third-order valence-corrected chi connectivity index (χ3v) is 8.16. The lowest BCUT2D eigenvalue weighted by Gasteiger charge is -2.30. The Kier molecular flexibility index (Phi) is 28.7. The first-order valence-electron chi connectivity index (χ1n) is 13.1. The number of hydrogen-bond acceptors (Lipinski definition) is 6. The standard InChI is InChI=1S/C11H23O4P.C10H22.C4H7NO.C2H6/c1-13-8-10-5-4-6-11(7-10)9-16(12,14-2)15-3;1-8(2)6-7-10(5)9(3)4;1-6-4-2-3-5;1-2/h10-11H,4-9H2,1-3H3;8-10H,6-7H2,1-5H3;2,4H2,1H3;1-2H3. The van der Waals surface area contributed by atoms with Gasteiger partial charge in [-0.05, 0) is 48.9 Å². The highest BCUT2D eigenvalue weighted by atomic mass is 31.2. The van der Waals surface area contributed by atoms with Crippen LogP contribution >= 0.6 is 7.60 Å². The molecule has 1 aliphatic carbocycles. The van der Waals surface area contributed by atoms with E-state index < -0.39 is 7.60 Å². The fraction of sp³-hybridized carbons (Fsp3) is 0.963. The molecular weight excluding hydrogens is 449 g/mol. The SMILES string of the molecule is CC.CC(C)CCC(C)C(C)C.COCC1CCCC(CP(=O)(OC)OC)C1.COCCC#N. The van der Waals surface area contributed by atoms with Crippen LogP contribution in [0.1, 0.15) is 93.4 Å². The summed E-state index contributed by atoms with van der Waals surface area (Å²) in [5, 5.41) is 7.87. The molecule has 1 saturated carbocycles. The Labute approximate surface area is 213 Å². The Hall–Kier alpha value is -0.440. The quantitative estimate of drug-likeness (QED) is 0.196. The molecule has 206 valence electrons. The number of methoxy groups -OCH3 is 2. The fourth-order valence-electron chi connectivity index (χ4n) is 3.57. The predicted octanol–water partition coefficient (Wildman–Crippen LogP) is 8.21. The van der Waals surface area contributed by atoms with Gasteiger partial charge in [0.25, 0.3) is 0 Å². The summed E-state index contributed by atoms with van der Waals surface area (Å²) in [6.07, 6.45) is 8.42. The Morgan fingerprint density at radius 1 is 0.912 bits per heavy atom. The van der Waals surface area contributed by atoms with Gasteiger partial charge in [0.1, 0.15) is 0 Å². The molecular formula is C27H58NO5P. The Bertz CT molecular complexity index is 498. The lowest BCUT2D eigenvalue weighted by molar-refractivity contribution is 0.116. The van der Waals surface area contributed by atoms with Crippen LogP contribution in [0.3, 0.4) is 0 Å². The van der Waals surface area contributed by atoms with Gasteiger partial charge in [-0.1, -0.05) is 67.7 Å². The number of nitriles is 1. The van der Waals surface area contributed by atoms with E-state index in [9.17, 15) is 4.57 Å². The van der Waals surface area contributed by atoms with Gasteiger partial charge in [-0.25, -0.2) is 0 Å². The molecule has 1 rings (SSSR count). The molecule has 0 aromatic rings. The first kappa shape index (κ1) is 38.1. The third kappa shape index (κ3) is 23.3. The van der Waals surface area contributed by atoms with E-state index in [2.05, 4.69) is 39.4 Å². The van der Waals surface area contributed by atoms with E-state index in [1.54, 1.807) is 14.2 Å². The van der Waals surface area contributed by atoms with Gasteiger partial charge >= 0.3 is 7.60 Å². The van der Waals surface area contributed by atoms with Crippen LogP contribution in [-0.2, 0) is 23.1 Å². The number of rotatable bonds is 12. The molecule has 0 aromatic heterocycles. The smallest absolute Gasteiger partial charge is 0.330 e. The highest BCUT2D eigenvalue weighted by Crippen LogP contribution is 2.50. The summed E-state index contributed by atoms with van der Waals surface area (Å²) in [7, 11) is 3.40. The predicted molar refractivity (Wildman–Crippen MR) is 145 cm³/mol. The average Bonchev–Trinajstić information content (AvgIpc) is 2.83. The van der Waals surface area contributed by atoms with Crippen molar-refractivity contribution >= 4 is 7.60 Å². The second kappa shape index (κ2) is 25.6. The van der Waals surface area contributed by atoms with Gasteiger partial charge < -0.3 is 18.5 Å². The van der Waals surface area contributed by atoms with Crippen molar-refractivity contribution in [2.45, 2.75) is 93.4 Å². The molecule has 0 radical (unpaired) electrons. The normalized spacial score (nSPS) is 18.5. The summed E-state index contributed by atoms with van der Waals surface area (Å²) in [5.41, 5.74) is 0. The zero-order valence-electron chi connectivity index (χ0n) is 24.4. The van der Waals surface area contributed by atoms with Crippen LogP contribution in [0.4, 0.5) is 0 Å². The molecule has 3 atom stereocenters. The zero-order valence-corrected chi connectivity index (χ0v) is 25.3. The number of ether oxygens (including phenoxy) is 2. The van der Waals surface area contributed by atoms with Crippen LogP contribution in [0.2, 0.25) is 0 Å². The lowest BCUT2D eigenvalue weighted by Crippen LogP contribution is -2.22. The van der Waals surface area contributed by atoms with Crippen LogP contribution in [0.25, 0.3) is 0 Å². The van der Waals surface area contributed by atoms with Crippen molar-refractivity contribution in [2.24, 2.45) is 29.6 Å². The van der Waals surface area contributed by atoms with Crippen molar-refractivity contribution in [3.05, 3.63) is 0 Å². The Morgan fingerprint density at radius 3 is 1.85 bits per heavy atom. The first-order chi connectivity index (χ1) is 16.1. The largest absolute Gasteiger partial charge is 0.384 e. The van der Waals surface area contributed by atoms with Crippen molar-refractivity contribution in [1.29, 1.82) is 5.26 Å². The maximum Gasteiger partial charge on any atom is 0.330 e. The molecule has 3 unspecified atom stereocenters. The summed E-state index contributed by atoms with van der Waals surface area (Å²) in [4.78, 5) is 0. The van der Waals surface area contributed by atoms with E-state index in [4.69, 9.17) is 19.0 Å². The van der Waals surface area contributed by atoms with Gasteiger partial charge in [0.2, 0.25) is 0 Å². The molecule has 0 aromatic carbocycles. The van der Waals surface area contributed by atoms with Gasteiger partial charge in [0, 0.05) is 35.0 Å². The van der Waals surface area contributed by atoms with E-state index in [0.29, 0.717) is 31.0 Å². The van der Waals surface area contributed by atoms with E-state index in [1.165, 1.54) is 39.9 Å². The minimum Gasteiger partial charge on any atom is -0.384 e. The van der Waals surface area contributed by atoms with Crippen LogP contribution in [0.5, 0.6) is 0 Å². The van der Waals surface area contributed by atoms with Crippen LogP contribution in [-0.4, -0.2) is 47.8 Å². The first-order valence-corrected chi connectivity index (χ1v) is 14.9. The van der Waals surface area contributed by atoms with Gasteiger partial charge in [-0.2, -0.15) is 5.26 Å². The summed E-state index contributed by atoms with van der Waals surface area (Å²) in [6, 6.07) is 1.94. The molecule has 0 bridgehead atoms. The van der Waals surface area contributed by atoms with Crippen molar-refractivity contribution in [1.82, 2.24) is 0 Å². The van der Waals surface area contributed by atoms with E-state index in [-0.39, 0.29) is 0 Å². The molecule has 0 aliphatic heterocycles. The molecule has 0 saturated heterocycles. The van der Waals surface area contributed by atoms with Crippen molar-refractivity contribution in [3.8, 4) is 6.07 Å². The number of nitrogens with zero attached hydrogens (tertiary/aromatic N) is 1. The van der Waals surface area contributed by atoms with E-state index in [0.717, 1.165) is 37.2 Å². The van der Waals surface area contributed by atoms with Crippen molar-refractivity contribution in [3.63, 3.8) is 0 Å². The van der Waals surface area contributed by atoms with Crippen molar-refractivity contribution in [2.75, 3.05) is 47.8 Å². The summed E-state index contributed by atoms with van der Waals surface area (Å²) in [6.45, 7) is 16.9. The second-order valence-corrected chi connectivity index (χ2v) is 11.9. The maximum absolute atomic E-state index is 12.0. The summed E-state index contributed by atoms with van der Waals surface area (Å²) < 4.78 is 31.7. The maximum atomic E-state index is 12.0. The molecule has 0 amide bonds. The topological polar surface area (TPSA) is 77.8 Å². The molecule has 34 heavy (non-hydrogen) atoms. The van der Waals surface area contributed by atoms with E-state index in [1.807, 2.05) is 19.9 Å². The second-order valence-electron chi connectivity index (χ2n) is 9.61. The molecule has 7 heteroatoms. The minimum atomic E-state index is -2.84. The molecule has 0 spiro atoms. The lowest BCUT2D eigenvalue weighted by atomic mass is 9.83. The zero-order chi connectivity index (χ0) is 27.0. The van der Waals surface area contributed by atoms with Crippen LogP contribution in [0.15, 0.2) is 0 Å². The van der Waals surface area contributed by atoms with Crippen LogP contribution < -0.4 is 0 Å².